The molecule has 5 bridgehead atoms. The van der Waals surface area contributed by atoms with Crippen molar-refractivity contribution < 1.29 is 63.7 Å². The van der Waals surface area contributed by atoms with Crippen LogP contribution in [0, 0.1) is 30.6 Å². The predicted octanol–water partition coefficient (Wildman–Crippen LogP) is 9.52. The van der Waals surface area contributed by atoms with Crippen molar-refractivity contribution >= 4 is 40.3 Å². The molecule has 3 heterocycles. The zero-order chi connectivity index (χ0) is 50.8. The lowest BCUT2D eigenvalue weighted by atomic mass is 9.78. The van der Waals surface area contributed by atoms with Crippen molar-refractivity contribution in [2.24, 2.45) is 28.8 Å². The number of methoxy groups -OCH3 is 1. The predicted molar refractivity (Wildman–Crippen MR) is 263 cm³/mol. The molecule has 0 fully saturated rings. The Labute approximate surface area is 400 Å². The largest absolute Gasteiger partial charge is 0.507 e. The Morgan fingerprint density at radius 1 is 0.853 bits per heavy atom. The monoisotopic (exact) mass is 945 g/mol. The number of amides is 1. The fraction of sp³-hybridized carbons (Fsp3) is 0.509. The maximum Gasteiger partial charge on any atom is 0.312 e. The number of aliphatic hydroxyl groups excluding tert-OH is 2. The first kappa shape index (κ1) is 54.7. The number of Topliss-reactive ketones (excluding diaryl/α,β-unsaturated/α-hetero) is 1. The molecule has 0 aromatic heterocycles. The van der Waals surface area contributed by atoms with E-state index in [1.165, 1.54) is 64.4 Å². The van der Waals surface area contributed by atoms with Gasteiger partial charge in [0.05, 0.1) is 53.0 Å². The molecule has 0 spiro atoms. The number of carbonyl (C=O) groups is 3. The Morgan fingerprint density at radius 3 is 2.13 bits per heavy atom. The van der Waals surface area contributed by atoms with E-state index in [0.29, 0.717) is 0 Å². The maximum atomic E-state index is 14.5. The Kier molecular flexibility index (Phi) is 19.2. The molecule has 5 rings (SSSR count). The van der Waals surface area contributed by atoms with Crippen molar-refractivity contribution in [1.82, 2.24) is 0 Å². The molecule has 2 aromatic rings. The number of hydrogen-bond donors (Lipinski definition) is 6. The lowest BCUT2D eigenvalue weighted by Gasteiger charge is -2.38. The van der Waals surface area contributed by atoms with Crippen molar-refractivity contribution in [3.63, 3.8) is 0 Å². The second-order valence-electron chi connectivity index (χ2n) is 18.6. The molecule has 0 radical (unpaired) electrons. The highest BCUT2D eigenvalue weighted by atomic mass is 16.7. The van der Waals surface area contributed by atoms with Crippen LogP contribution in [0.4, 0.5) is 5.69 Å². The van der Waals surface area contributed by atoms with E-state index < -0.39 is 88.8 Å². The number of ether oxygens (including phenoxy) is 4. The van der Waals surface area contributed by atoms with E-state index in [9.17, 15) is 39.9 Å². The van der Waals surface area contributed by atoms with Gasteiger partial charge in [0.25, 0.3) is 11.7 Å². The topological polar surface area (TPSA) is 223 Å². The summed E-state index contributed by atoms with van der Waals surface area (Å²) in [5, 5.41) is 64.7. The number of phenolic OH excluding ortho intramolecular Hbond substituents is 3. The summed E-state index contributed by atoms with van der Waals surface area (Å²) in [6.07, 6.45) is 14.5. The van der Waals surface area contributed by atoms with Gasteiger partial charge >= 0.3 is 11.8 Å². The third kappa shape index (κ3) is 12.8. The average Bonchev–Trinajstić information content (AvgIpc) is 3.55. The lowest BCUT2D eigenvalue weighted by molar-refractivity contribution is -0.160. The van der Waals surface area contributed by atoms with Gasteiger partial charge in [-0.2, -0.15) is 0 Å². The van der Waals surface area contributed by atoms with Crippen LogP contribution in [0.1, 0.15) is 123 Å². The fourth-order valence-electron chi connectivity index (χ4n) is 8.52. The number of nitrogens with zero attached hydrogens (tertiary/aromatic N) is 1. The maximum absolute atomic E-state index is 14.5. The summed E-state index contributed by atoms with van der Waals surface area (Å²) in [5.74, 6) is -8.72. The zero-order valence-corrected chi connectivity index (χ0v) is 41.8. The second kappa shape index (κ2) is 23.9. The number of carbonyl (C=O) groups excluding carboxylic acids is 3. The average molecular weight is 945 g/mol. The summed E-state index contributed by atoms with van der Waals surface area (Å²) in [6.45, 7) is 20.8. The number of rotatable bonds is 12. The third-order valence-corrected chi connectivity index (χ3v) is 12.9. The zero-order valence-electron chi connectivity index (χ0n) is 41.8. The van der Waals surface area contributed by atoms with Gasteiger partial charge < -0.3 is 54.6 Å². The smallest absolute Gasteiger partial charge is 0.312 e. The third-order valence-electron chi connectivity index (χ3n) is 12.9. The molecule has 372 valence electrons. The number of fused-ring (bicyclic) bond motifs is 14. The molecule has 1 amide bonds. The van der Waals surface area contributed by atoms with E-state index in [2.05, 4.69) is 43.4 Å². The van der Waals surface area contributed by atoms with E-state index in [1.54, 1.807) is 39.8 Å². The van der Waals surface area contributed by atoms with Crippen LogP contribution in [-0.4, -0.2) is 93.3 Å². The fourth-order valence-corrected chi connectivity index (χ4v) is 8.52. The van der Waals surface area contributed by atoms with Gasteiger partial charge in [0.1, 0.15) is 30.0 Å². The van der Waals surface area contributed by atoms with Crippen molar-refractivity contribution in [2.45, 2.75) is 139 Å². The van der Waals surface area contributed by atoms with Crippen LogP contribution in [0.15, 0.2) is 76.2 Å². The van der Waals surface area contributed by atoms with Crippen molar-refractivity contribution in [1.29, 1.82) is 0 Å². The molecule has 2 aromatic carbocycles. The van der Waals surface area contributed by atoms with Gasteiger partial charge in [-0.3, -0.25) is 14.4 Å². The van der Waals surface area contributed by atoms with Gasteiger partial charge in [0.2, 0.25) is 0 Å². The Morgan fingerprint density at radius 2 is 1.50 bits per heavy atom. The number of aliphatic hydroxyl groups is 2. The van der Waals surface area contributed by atoms with E-state index in [4.69, 9.17) is 23.8 Å². The number of allylic oxidation sites excluding steroid dienone is 7. The van der Waals surface area contributed by atoms with Crippen LogP contribution in [0.3, 0.4) is 0 Å². The van der Waals surface area contributed by atoms with Gasteiger partial charge in [0.15, 0.2) is 5.75 Å². The van der Waals surface area contributed by atoms with Crippen molar-refractivity contribution in [2.75, 3.05) is 19.0 Å². The first-order chi connectivity index (χ1) is 32.0. The molecule has 68 heavy (non-hydrogen) atoms. The molecule has 15 heteroatoms. The summed E-state index contributed by atoms with van der Waals surface area (Å²) >= 11 is 0. The van der Waals surface area contributed by atoms with E-state index in [1.807, 2.05) is 13.0 Å². The molecule has 0 aliphatic carbocycles. The minimum absolute atomic E-state index is 0.0304. The molecule has 15 nitrogen and oxygen atoms in total. The number of nitrogens with one attached hydrogen (secondary N) is 1. The van der Waals surface area contributed by atoms with E-state index >= 15 is 0 Å². The highest BCUT2D eigenvalue weighted by Gasteiger charge is 2.50. The number of oxime groups is 1. The number of benzene rings is 2. The Bertz CT molecular complexity index is 2410. The van der Waals surface area contributed by atoms with Crippen molar-refractivity contribution in [3.8, 4) is 23.0 Å². The molecule has 9 atom stereocenters. The second-order valence-corrected chi connectivity index (χ2v) is 18.6. The summed E-state index contributed by atoms with van der Waals surface area (Å²) < 4.78 is 23.7. The normalized spacial score (nSPS) is 28.1. The molecule has 3 aliphatic heterocycles. The highest BCUT2D eigenvalue weighted by Crippen LogP contribution is 2.55. The standard InChI is InChI=1S/C53H72N2O13/c1-28(2)17-14-18-29(3)19-15-20-30(4)23-26-66-54-27-38-43-48(61)41-40(47(38)60)42-50(36(10)46(41)59)68-53(12,51(42)62)65-25-24-39(64-13)33(7)49(67-37(11)56)35(9)45(58)34(8)44(57)31(5)21-16-22-32(6)52(63)55-43/h16-17,19,21-25,27,31,33-35,39,44-45,49,57-61H,14-15,18,20,26H2,1-13H3,(H,55,63)/b21-16-,25-24-,29-19+,30-23+,32-22-,54-27+/t31-,33+,34+,35+,39-,44-,45+,49+,53-/m0/s1. The minimum atomic E-state index is -2.08. The van der Waals surface area contributed by atoms with E-state index in [0.717, 1.165) is 37.5 Å². The minimum Gasteiger partial charge on any atom is -0.507 e. The molecular weight excluding hydrogens is 873 g/mol. The van der Waals surface area contributed by atoms with Gasteiger partial charge in [0, 0.05) is 61.2 Å². The molecular formula is C53H72N2O13. The van der Waals surface area contributed by atoms with Crippen LogP contribution < -0.4 is 10.1 Å². The van der Waals surface area contributed by atoms with Gasteiger partial charge in [-0.15, -0.1) is 0 Å². The molecule has 6 N–H and O–H groups in total. The lowest BCUT2D eigenvalue weighted by Crippen LogP contribution is -2.46. The van der Waals surface area contributed by atoms with Gasteiger partial charge in [-0.25, -0.2) is 0 Å². The SMILES string of the molecule is CO[C@H]1/C=C\O[C@@]2(C)Oc3c(C)c(O)c4c(O)c(c(/C=N/OC/C=C(\C)CC/C=C(\C)CCC=C(C)C)c(O)c4c3C2=O)NC(=O)/C(C)=C\C=C/[C@H](C)[C@H](O)[C@@H](C)[C@@H](O)[C@@H](C)[C@H](OC(C)=O)[C@@H]1C. The van der Waals surface area contributed by atoms with Crippen LogP contribution in [0.25, 0.3) is 10.8 Å². The summed E-state index contributed by atoms with van der Waals surface area (Å²) in [6, 6.07) is 0. The first-order valence-electron chi connectivity index (χ1n) is 23.1. The number of esters is 1. The van der Waals surface area contributed by atoms with E-state index in [-0.39, 0.29) is 51.1 Å². The number of anilines is 1. The summed E-state index contributed by atoms with van der Waals surface area (Å²) in [4.78, 5) is 46.3. The van der Waals surface area contributed by atoms with Gasteiger partial charge in [-0.1, -0.05) is 80.0 Å². The van der Waals surface area contributed by atoms with Crippen LogP contribution in [0.5, 0.6) is 23.0 Å². The number of hydrogen-bond acceptors (Lipinski definition) is 14. The number of phenols is 3. The first-order valence-corrected chi connectivity index (χ1v) is 23.1. The van der Waals surface area contributed by atoms with Crippen LogP contribution in [0.2, 0.25) is 0 Å². The number of ketones is 1. The number of aromatic hydroxyl groups is 3. The van der Waals surface area contributed by atoms with Gasteiger partial charge in [-0.05, 0) is 79.4 Å². The summed E-state index contributed by atoms with van der Waals surface area (Å²) in [5.41, 5.74) is 3.04. The highest BCUT2D eigenvalue weighted by molar-refractivity contribution is 6.23. The van der Waals surface area contributed by atoms with Crippen LogP contribution in [-0.2, 0) is 28.6 Å². The Hall–Kier alpha value is -5.90. The molecule has 3 aliphatic rings. The quantitative estimate of drug-likeness (QED) is 0.0222. The molecule has 0 saturated carbocycles. The molecule has 0 saturated heterocycles. The Balaban J connectivity index is 1.83. The van der Waals surface area contributed by atoms with Crippen LogP contribution >= 0.6 is 0 Å². The van der Waals surface area contributed by atoms with Crippen molar-refractivity contribution in [3.05, 3.63) is 87.8 Å². The summed E-state index contributed by atoms with van der Waals surface area (Å²) in [7, 11) is 1.43. The molecule has 0 unspecified atom stereocenters.